The highest BCUT2D eigenvalue weighted by atomic mass is 16.6. The third kappa shape index (κ3) is 5.39. The lowest BCUT2D eigenvalue weighted by Crippen LogP contribution is -2.78. The Bertz CT molecular complexity index is 2260. The molecule has 6 aliphatic rings. The largest absolute Gasteiger partial charge is 0.496 e. The Morgan fingerprint density at radius 3 is 2.44 bits per heavy atom. The van der Waals surface area contributed by atoms with Crippen LogP contribution in [0.1, 0.15) is 75.3 Å². The average Bonchev–Trinajstić information content (AvgIpc) is 3.89. The summed E-state index contributed by atoms with van der Waals surface area (Å²) in [5, 5.41) is 26.3. The van der Waals surface area contributed by atoms with Crippen molar-refractivity contribution in [3.8, 4) is 5.75 Å². The third-order valence-corrected chi connectivity index (χ3v) is 15.4. The molecule has 1 aliphatic carbocycles. The van der Waals surface area contributed by atoms with E-state index in [-0.39, 0.29) is 12.0 Å². The molecule has 6 heterocycles. The van der Waals surface area contributed by atoms with E-state index >= 15 is 4.79 Å². The molecule has 0 radical (unpaired) electrons. The number of H-pyrrole nitrogens is 1. The van der Waals surface area contributed by atoms with Gasteiger partial charge in [0.25, 0.3) is 0 Å². The van der Waals surface area contributed by atoms with Crippen molar-refractivity contribution in [2.45, 2.75) is 99.5 Å². The number of ether oxygens (including phenoxy) is 4. The summed E-state index contributed by atoms with van der Waals surface area (Å²) in [5.41, 5.74) is 0.462. The van der Waals surface area contributed by atoms with E-state index < -0.39 is 58.0 Å². The molecule has 5 aliphatic heterocycles. The van der Waals surface area contributed by atoms with Gasteiger partial charge in [-0.3, -0.25) is 19.4 Å². The predicted octanol–water partition coefficient (Wildman–Crippen LogP) is 3.99. The molecule has 316 valence electrons. The second-order valence-electron chi connectivity index (χ2n) is 18.1. The minimum absolute atomic E-state index is 0.0951. The van der Waals surface area contributed by atoms with Gasteiger partial charge in [0.05, 0.1) is 33.0 Å². The normalized spacial score (nSPS) is 35.9. The number of benzene rings is 2. The highest BCUT2D eigenvalue weighted by Gasteiger charge is 2.77. The van der Waals surface area contributed by atoms with E-state index in [2.05, 4.69) is 39.9 Å². The lowest BCUT2D eigenvalue weighted by molar-refractivity contribution is -0.212. The number of likely N-dealkylation sites (N-methyl/N-ethyl adjacent to an activating group) is 1. The van der Waals surface area contributed by atoms with Gasteiger partial charge in [0.2, 0.25) is 5.60 Å². The maximum Gasteiger partial charge on any atom is 0.344 e. The first-order valence-corrected chi connectivity index (χ1v) is 21.3. The molecule has 3 aromatic rings. The van der Waals surface area contributed by atoms with Crippen LogP contribution in [-0.2, 0) is 45.8 Å². The first-order valence-electron chi connectivity index (χ1n) is 21.3. The molecule has 1 aromatic heterocycles. The van der Waals surface area contributed by atoms with Crippen LogP contribution in [0.2, 0.25) is 0 Å². The van der Waals surface area contributed by atoms with E-state index in [1.165, 1.54) is 21.1 Å². The highest BCUT2D eigenvalue weighted by Crippen LogP contribution is 2.65. The van der Waals surface area contributed by atoms with Crippen LogP contribution in [0, 0.1) is 11.8 Å². The van der Waals surface area contributed by atoms with E-state index in [0.717, 1.165) is 39.0 Å². The van der Waals surface area contributed by atoms with Crippen LogP contribution in [0.3, 0.4) is 0 Å². The molecule has 10 atom stereocenters. The Morgan fingerprint density at radius 1 is 0.983 bits per heavy atom. The van der Waals surface area contributed by atoms with E-state index in [4.69, 9.17) is 18.9 Å². The number of piperidine rings is 1. The molecule has 3 N–H and O–H groups in total. The maximum atomic E-state index is 15.3. The number of nitrogens with zero attached hydrogens (tertiary/aromatic N) is 3. The van der Waals surface area contributed by atoms with Gasteiger partial charge in [0, 0.05) is 91.4 Å². The molecule has 2 aromatic carbocycles. The average molecular weight is 811 g/mol. The summed E-state index contributed by atoms with van der Waals surface area (Å²) in [6.07, 6.45) is 4.23. The van der Waals surface area contributed by atoms with Crippen molar-refractivity contribution in [3.05, 3.63) is 70.4 Å². The van der Waals surface area contributed by atoms with Gasteiger partial charge < -0.3 is 39.0 Å². The van der Waals surface area contributed by atoms with Crippen LogP contribution in [0.5, 0.6) is 5.75 Å². The lowest BCUT2D eigenvalue weighted by atomic mass is 9.52. The molecule has 13 nitrogen and oxygen atoms in total. The fraction of sp³-hybridized carbons (Fsp3) is 0.587. The number of rotatable bonds is 7. The molecule has 1 saturated carbocycles. The van der Waals surface area contributed by atoms with Crippen molar-refractivity contribution < 1.29 is 43.5 Å². The number of esters is 3. The Kier molecular flexibility index (Phi) is 9.54. The summed E-state index contributed by atoms with van der Waals surface area (Å²) >= 11 is 0. The Balaban J connectivity index is 1.35. The lowest BCUT2D eigenvalue weighted by Gasteiger charge is -2.59. The van der Waals surface area contributed by atoms with Gasteiger partial charge in [-0.2, -0.15) is 0 Å². The molecule has 3 fully saturated rings. The van der Waals surface area contributed by atoms with E-state index in [1.807, 2.05) is 43.1 Å². The molecule has 13 heteroatoms. The van der Waals surface area contributed by atoms with Gasteiger partial charge in [-0.1, -0.05) is 43.7 Å². The summed E-state index contributed by atoms with van der Waals surface area (Å²) in [7, 11) is 6.16. The Morgan fingerprint density at radius 2 is 1.75 bits per heavy atom. The van der Waals surface area contributed by atoms with E-state index in [0.29, 0.717) is 82.6 Å². The number of carbonyl (C=O) groups excluding carboxylic acids is 3. The number of hydrogen-bond acceptors (Lipinski definition) is 12. The van der Waals surface area contributed by atoms with Crippen LogP contribution in [0.4, 0.5) is 5.69 Å². The zero-order chi connectivity index (χ0) is 41.8. The summed E-state index contributed by atoms with van der Waals surface area (Å²) in [4.78, 5) is 53.0. The Labute approximate surface area is 345 Å². The van der Waals surface area contributed by atoms with Gasteiger partial charge in [-0.05, 0) is 74.2 Å². The maximum absolute atomic E-state index is 15.3. The number of aromatic nitrogens is 1. The van der Waals surface area contributed by atoms with Crippen molar-refractivity contribution in [1.82, 2.24) is 14.8 Å². The zero-order valence-corrected chi connectivity index (χ0v) is 35.3. The van der Waals surface area contributed by atoms with E-state index in [9.17, 15) is 19.8 Å². The van der Waals surface area contributed by atoms with Crippen LogP contribution >= 0.6 is 0 Å². The fourth-order valence-electron chi connectivity index (χ4n) is 13.2. The molecule has 9 rings (SSSR count). The monoisotopic (exact) mass is 810 g/mol. The minimum atomic E-state index is -2.27. The standard InChI is InChI=1S/C46H58N4O9/c1-8-28-14-18-50-19-16-44-31-20-32(35(56-5)21-34(31)48(4)40(44)46(55,42(53)58-7)39(59-26(3)51)36(28)38(44)50)45(41(52)57-6)23-27-22-43(54,9-2)25-49(24-27)17-15-30-29-12-10-11-13-33(29)47-37(30)45/h10-14,20-21,27,36,38-40,47,54-55H,8-9,15-19,22-25H2,1-7H3. The SMILES string of the molecule is CCC1=CCN2CCC34c5cc(C6(C(=O)OC)CC7CN(CCc8c6[nH]c6ccccc86)CC(O)(CC)C7)c(OC)cc5N(C)C3C(O)(C(=O)OC)C(OC(C)=O)C1C24. The first-order chi connectivity index (χ1) is 28.3. The van der Waals surface area contributed by atoms with Gasteiger partial charge in [-0.25, -0.2) is 4.79 Å². The molecular formula is C46H58N4O9. The van der Waals surface area contributed by atoms with Crippen molar-refractivity contribution in [2.75, 3.05) is 66.0 Å². The molecular weight excluding hydrogens is 753 g/mol. The number of para-hydroxylation sites is 1. The highest BCUT2D eigenvalue weighted by molar-refractivity contribution is 5.95. The molecule has 2 bridgehead atoms. The van der Waals surface area contributed by atoms with Gasteiger partial charge >= 0.3 is 17.9 Å². The predicted molar refractivity (Wildman–Crippen MR) is 220 cm³/mol. The number of anilines is 1. The number of carbonyl (C=O) groups is 3. The second-order valence-corrected chi connectivity index (χ2v) is 18.1. The molecule has 1 spiro atoms. The zero-order valence-electron chi connectivity index (χ0n) is 35.3. The topological polar surface area (TPSA) is 154 Å². The fourth-order valence-corrected chi connectivity index (χ4v) is 13.2. The van der Waals surface area contributed by atoms with E-state index in [1.54, 1.807) is 7.11 Å². The number of aromatic amines is 1. The van der Waals surface area contributed by atoms with Gasteiger partial charge in [0.15, 0.2) is 6.10 Å². The number of nitrogens with one attached hydrogen (secondary N) is 1. The molecule has 59 heavy (non-hydrogen) atoms. The number of hydrogen-bond donors (Lipinski definition) is 3. The minimum Gasteiger partial charge on any atom is -0.496 e. The quantitative estimate of drug-likeness (QED) is 0.180. The molecule has 2 saturated heterocycles. The summed E-state index contributed by atoms with van der Waals surface area (Å²) in [6.45, 7) is 8.71. The van der Waals surface area contributed by atoms with Gasteiger partial charge in [-0.15, -0.1) is 0 Å². The molecule has 0 amide bonds. The van der Waals surface area contributed by atoms with Crippen LogP contribution < -0.4 is 9.64 Å². The van der Waals surface area contributed by atoms with Crippen LogP contribution in [-0.4, -0.2) is 133 Å². The summed E-state index contributed by atoms with van der Waals surface area (Å²) < 4.78 is 23.9. The van der Waals surface area contributed by atoms with Crippen molar-refractivity contribution >= 4 is 34.5 Å². The van der Waals surface area contributed by atoms with Crippen molar-refractivity contribution in [3.63, 3.8) is 0 Å². The van der Waals surface area contributed by atoms with Crippen molar-refractivity contribution in [2.24, 2.45) is 11.8 Å². The van der Waals surface area contributed by atoms with Gasteiger partial charge in [0.1, 0.15) is 11.2 Å². The van der Waals surface area contributed by atoms with Crippen LogP contribution in [0.25, 0.3) is 10.9 Å². The van der Waals surface area contributed by atoms with Crippen molar-refractivity contribution in [1.29, 1.82) is 0 Å². The number of aliphatic hydroxyl groups is 2. The third-order valence-electron chi connectivity index (χ3n) is 15.4. The smallest absolute Gasteiger partial charge is 0.344 e. The first kappa shape index (κ1) is 40.0. The number of fused-ring (bicyclic) bond motifs is 6. The second kappa shape index (κ2) is 14.1. The summed E-state index contributed by atoms with van der Waals surface area (Å²) in [5.74, 6) is -2.06. The Hall–Kier alpha value is -4.43. The summed E-state index contributed by atoms with van der Waals surface area (Å²) in [6, 6.07) is 11.0. The molecule has 10 unspecified atom stereocenters. The van der Waals surface area contributed by atoms with Crippen LogP contribution in [0.15, 0.2) is 48.0 Å². The number of methoxy groups -OCH3 is 3.